The normalized spacial score (nSPS) is 11.1. The van der Waals surface area contributed by atoms with Crippen LogP contribution < -0.4 is 0 Å². The lowest BCUT2D eigenvalue weighted by Crippen LogP contribution is -2.36. The molecule has 0 saturated heterocycles. The van der Waals surface area contributed by atoms with Gasteiger partial charge in [-0.1, -0.05) is 6.07 Å². The van der Waals surface area contributed by atoms with Crippen molar-refractivity contribution in [2.24, 2.45) is 0 Å². The van der Waals surface area contributed by atoms with E-state index in [9.17, 15) is 30.3 Å². The average molecular weight is 408 g/mol. The first-order valence-corrected chi connectivity index (χ1v) is 8.80. The Bertz CT molecular complexity index is 1100. The van der Waals surface area contributed by atoms with E-state index in [1.54, 1.807) is 13.8 Å². The Balaban J connectivity index is 2.85. The number of benzene rings is 1. The summed E-state index contributed by atoms with van der Waals surface area (Å²) in [4.78, 5) is 39.5. The molecule has 30 heavy (non-hydrogen) atoms. The van der Waals surface area contributed by atoms with Gasteiger partial charge in [-0.05, 0) is 31.5 Å². The lowest BCUT2D eigenvalue weighted by molar-refractivity contribution is -0.395. The second kappa shape index (κ2) is 9.21. The molecule has 1 aromatic carbocycles. The SMILES string of the molecule is CCN(CC)C(=O)C(c1ccc(C#N)cc1C#N)c1ncc([N+](=O)[O-])cc1[N+](=O)[O-]. The van der Waals surface area contributed by atoms with Crippen LogP contribution in [0.3, 0.4) is 0 Å². The van der Waals surface area contributed by atoms with Gasteiger partial charge in [-0.15, -0.1) is 0 Å². The lowest BCUT2D eigenvalue weighted by Gasteiger charge is -2.25. The Hall–Kier alpha value is -4.38. The van der Waals surface area contributed by atoms with Crippen molar-refractivity contribution in [3.8, 4) is 12.1 Å². The lowest BCUT2D eigenvalue weighted by atomic mass is 9.88. The van der Waals surface area contributed by atoms with Gasteiger partial charge in [0.2, 0.25) is 5.91 Å². The number of amides is 1. The molecule has 11 heteroatoms. The first kappa shape index (κ1) is 21.9. The molecule has 11 nitrogen and oxygen atoms in total. The largest absolute Gasteiger partial charge is 0.342 e. The van der Waals surface area contributed by atoms with E-state index < -0.39 is 33.0 Å². The molecule has 0 radical (unpaired) electrons. The minimum Gasteiger partial charge on any atom is -0.342 e. The number of hydrogen-bond acceptors (Lipinski definition) is 8. The highest BCUT2D eigenvalue weighted by atomic mass is 16.6. The molecule has 0 aliphatic rings. The number of nitro groups is 2. The highest BCUT2D eigenvalue weighted by Crippen LogP contribution is 2.35. The molecule has 0 saturated carbocycles. The zero-order valence-electron chi connectivity index (χ0n) is 16.1. The van der Waals surface area contributed by atoms with E-state index in [1.807, 2.05) is 12.1 Å². The monoisotopic (exact) mass is 408 g/mol. The van der Waals surface area contributed by atoms with Gasteiger partial charge in [0, 0.05) is 13.1 Å². The minimum atomic E-state index is -1.35. The average Bonchev–Trinajstić information content (AvgIpc) is 2.74. The summed E-state index contributed by atoms with van der Waals surface area (Å²) in [7, 11) is 0. The Morgan fingerprint density at radius 2 is 1.80 bits per heavy atom. The van der Waals surface area contributed by atoms with Gasteiger partial charge in [-0.2, -0.15) is 10.5 Å². The van der Waals surface area contributed by atoms with Crippen molar-refractivity contribution in [2.45, 2.75) is 19.8 Å². The van der Waals surface area contributed by atoms with Gasteiger partial charge >= 0.3 is 0 Å². The smallest absolute Gasteiger partial charge is 0.298 e. The second-order valence-corrected chi connectivity index (χ2v) is 6.08. The fraction of sp³-hybridized carbons (Fsp3) is 0.263. The minimum absolute atomic E-state index is 0.0194. The number of pyridine rings is 1. The quantitative estimate of drug-likeness (QED) is 0.497. The molecule has 1 heterocycles. The number of nitriles is 2. The van der Waals surface area contributed by atoms with Crippen molar-refractivity contribution in [3.05, 3.63) is 73.1 Å². The summed E-state index contributed by atoms with van der Waals surface area (Å²) in [5.41, 5.74) is -1.34. The van der Waals surface area contributed by atoms with Crippen LogP contribution in [-0.4, -0.2) is 38.7 Å². The van der Waals surface area contributed by atoms with Crippen molar-refractivity contribution < 1.29 is 14.6 Å². The molecule has 0 bridgehead atoms. The van der Waals surface area contributed by atoms with Gasteiger partial charge in [-0.3, -0.25) is 25.0 Å². The molecule has 1 atom stereocenters. The number of carbonyl (C=O) groups excluding carboxylic acids is 1. The molecular formula is C19H16N6O5. The summed E-state index contributed by atoms with van der Waals surface area (Å²) in [5.74, 6) is -1.90. The van der Waals surface area contributed by atoms with Crippen LogP contribution in [0.4, 0.5) is 11.4 Å². The van der Waals surface area contributed by atoms with Crippen LogP contribution in [0.1, 0.15) is 42.1 Å². The third-order valence-electron chi connectivity index (χ3n) is 4.50. The van der Waals surface area contributed by atoms with E-state index in [0.717, 1.165) is 12.3 Å². The van der Waals surface area contributed by atoms with Crippen molar-refractivity contribution >= 4 is 17.3 Å². The van der Waals surface area contributed by atoms with Crippen molar-refractivity contribution in [2.75, 3.05) is 13.1 Å². The van der Waals surface area contributed by atoms with Crippen LogP contribution in [0.2, 0.25) is 0 Å². The molecule has 0 aliphatic heterocycles. The summed E-state index contributed by atoms with van der Waals surface area (Å²) in [5, 5.41) is 41.3. The van der Waals surface area contributed by atoms with Gasteiger partial charge in [0.15, 0.2) is 0 Å². The number of hydrogen-bond donors (Lipinski definition) is 0. The Morgan fingerprint density at radius 3 is 2.30 bits per heavy atom. The summed E-state index contributed by atoms with van der Waals surface area (Å²) < 4.78 is 0. The van der Waals surface area contributed by atoms with E-state index in [1.165, 1.54) is 23.1 Å². The van der Waals surface area contributed by atoms with Crippen LogP contribution in [-0.2, 0) is 4.79 Å². The van der Waals surface area contributed by atoms with Gasteiger partial charge in [0.25, 0.3) is 11.4 Å². The molecule has 2 rings (SSSR count). The molecule has 1 unspecified atom stereocenters. The van der Waals surface area contributed by atoms with Crippen LogP contribution in [0.25, 0.3) is 0 Å². The van der Waals surface area contributed by atoms with E-state index in [-0.39, 0.29) is 22.4 Å². The van der Waals surface area contributed by atoms with E-state index in [0.29, 0.717) is 13.1 Å². The van der Waals surface area contributed by atoms with Gasteiger partial charge in [0.05, 0.1) is 39.2 Å². The number of rotatable bonds is 7. The van der Waals surface area contributed by atoms with Crippen LogP contribution in [0.15, 0.2) is 30.5 Å². The zero-order chi connectivity index (χ0) is 22.4. The van der Waals surface area contributed by atoms with Crippen LogP contribution in [0.5, 0.6) is 0 Å². The van der Waals surface area contributed by atoms with E-state index >= 15 is 0 Å². The van der Waals surface area contributed by atoms with Crippen molar-refractivity contribution in [1.29, 1.82) is 10.5 Å². The Kier molecular flexibility index (Phi) is 6.73. The maximum absolute atomic E-state index is 13.3. The fourth-order valence-corrected chi connectivity index (χ4v) is 3.01. The molecule has 152 valence electrons. The standard InChI is InChI=1S/C19H16N6O5/c1-3-23(4-2)19(26)17(15-6-5-12(9-20)7-13(15)10-21)18-16(25(29)30)8-14(11-22-18)24(27)28/h5-8,11,17H,3-4H2,1-2H3. The molecule has 2 aromatic rings. The molecule has 0 spiro atoms. The molecular weight excluding hydrogens is 392 g/mol. The second-order valence-electron chi connectivity index (χ2n) is 6.08. The third-order valence-corrected chi connectivity index (χ3v) is 4.50. The predicted octanol–water partition coefficient (Wildman–Crippen LogP) is 2.64. The predicted molar refractivity (Wildman–Crippen MR) is 103 cm³/mol. The summed E-state index contributed by atoms with van der Waals surface area (Å²) in [6, 6.07) is 8.55. The highest BCUT2D eigenvalue weighted by molar-refractivity contribution is 5.88. The summed E-state index contributed by atoms with van der Waals surface area (Å²) in [6.07, 6.45) is 0.834. The van der Waals surface area contributed by atoms with Gasteiger partial charge in [0.1, 0.15) is 17.8 Å². The first-order valence-electron chi connectivity index (χ1n) is 8.80. The molecule has 0 aliphatic carbocycles. The van der Waals surface area contributed by atoms with Gasteiger partial charge in [-0.25, -0.2) is 4.98 Å². The van der Waals surface area contributed by atoms with Crippen molar-refractivity contribution in [1.82, 2.24) is 9.88 Å². The zero-order valence-corrected chi connectivity index (χ0v) is 16.1. The van der Waals surface area contributed by atoms with E-state index in [4.69, 9.17) is 5.26 Å². The maximum Gasteiger partial charge on any atom is 0.298 e. The molecule has 1 aromatic heterocycles. The number of aromatic nitrogens is 1. The molecule has 0 N–H and O–H groups in total. The first-order chi connectivity index (χ1) is 14.3. The number of likely N-dealkylation sites (N-methyl/N-ethyl adjacent to an activating group) is 1. The molecule has 1 amide bonds. The van der Waals surface area contributed by atoms with Crippen LogP contribution >= 0.6 is 0 Å². The maximum atomic E-state index is 13.3. The van der Waals surface area contributed by atoms with E-state index in [2.05, 4.69) is 4.98 Å². The summed E-state index contributed by atoms with van der Waals surface area (Å²) >= 11 is 0. The fourth-order valence-electron chi connectivity index (χ4n) is 3.01. The third kappa shape index (κ3) is 4.20. The highest BCUT2D eigenvalue weighted by Gasteiger charge is 2.36. The number of nitrogens with zero attached hydrogens (tertiary/aromatic N) is 6. The Morgan fingerprint density at radius 1 is 1.13 bits per heavy atom. The summed E-state index contributed by atoms with van der Waals surface area (Å²) in [6.45, 7) is 4.04. The topological polar surface area (TPSA) is 167 Å². The van der Waals surface area contributed by atoms with Gasteiger partial charge < -0.3 is 4.90 Å². The number of carbonyl (C=O) groups is 1. The van der Waals surface area contributed by atoms with Crippen molar-refractivity contribution in [3.63, 3.8) is 0 Å². The van der Waals surface area contributed by atoms with Crippen LogP contribution in [0, 0.1) is 42.9 Å². The Labute approximate surface area is 171 Å². The molecule has 0 fully saturated rings.